The van der Waals surface area contributed by atoms with Gasteiger partial charge in [-0.2, -0.15) is 0 Å². The molecular weight excluding hydrogens is 160 g/mol. The first-order valence-corrected chi connectivity index (χ1v) is 5.39. The maximum atomic E-state index is 3.24. The molecule has 1 heterocycles. The summed E-state index contributed by atoms with van der Waals surface area (Å²) in [5.74, 6) is 0. The average Bonchev–Trinajstić information content (AvgIpc) is 2.40. The van der Waals surface area contributed by atoms with Gasteiger partial charge in [-0.3, -0.25) is 0 Å². The van der Waals surface area contributed by atoms with Crippen molar-refractivity contribution in [2.75, 3.05) is 0 Å². The van der Waals surface area contributed by atoms with Gasteiger partial charge in [-0.15, -0.1) is 0 Å². The fourth-order valence-electron chi connectivity index (χ4n) is 1.63. The van der Waals surface area contributed by atoms with Gasteiger partial charge in [-0.1, -0.05) is 26.2 Å². The fourth-order valence-corrected chi connectivity index (χ4v) is 1.63. The number of hydrogen-bond donors (Lipinski definition) is 2. The van der Waals surface area contributed by atoms with Crippen molar-refractivity contribution in [1.29, 1.82) is 0 Å². The smallest absolute Gasteiger partial charge is 0.0513 e. The van der Waals surface area contributed by atoms with Crippen molar-refractivity contribution in [3.63, 3.8) is 0 Å². The second-order valence-corrected chi connectivity index (χ2v) is 4.45. The van der Waals surface area contributed by atoms with Crippen molar-refractivity contribution in [2.24, 2.45) is 0 Å². The summed E-state index contributed by atoms with van der Waals surface area (Å²) in [7, 11) is 0. The van der Waals surface area contributed by atoms with E-state index in [1.54, 1.807) is 0 Å². The topological polar surface area (TPSA) is 24.1 Å². The Bertz CT molecular complexity index is 183. The van der Waals surface area contributed by atoms with Crippen LogP contribution in [0.5, 0.6) is 0 Å². The van der Waals surface area contributed by atoms with Crippen LogP contribution in [0.1, 0.15) is 52.9 Å². The molecule has 0 aliphatic carbocycles. The quantitative estimate of drug-likeness (QED) is 0.639. The van der Waals surface area contributed by atoms with E-state index in [0.717, 1.165) is 0 Å². The molecule has 1 aliphatic heterocycles. The van der Waals surface area contributed by atoms with E-state index in [0.29, 0.717) is 0 Å². The third kappa shape index (κ3) is 3.81. The van der Waals surface area contributed by atoms with E-state index in [9.17, 15) is 0 Å². The molecule has 2 N–H and O–H groups in total. The van der Waals surface area contributed by atoms with Crippen molar-refractivity contribution in [1.82, 2.24) is 10.9 Å². The molecule has 2 nitrogen and oxygen atoms in total. The summed E-state index contributed by atoms with van der Waals surface area (Å²) in [6.45, 7) is 6.61. The summed E-state index contributed by atoms with van der Waals surface area (Å²) in [6, 6.07) is 0. The Kier molecular flexibility index (Phi) is 3.79. The van der Waals surface area contributed by atoms with E-state index < -0.39 is 0 Å². The molecule has 0 aromatic heterocycles. The largest absolute Gasteiger partial charge is 0.325 e. The van der Waals surface area contributed by atoms with E-state index >= 15 is 0 Å². The normalized spacial score (nSPS) is 19.8. The van der Waals surface area contributed by atoms with Gasteiger partial charge in [0.25, 0.3) is 0 Å². The summed E-state index contributed by atoms with van der Waals surface area (Å²) >= 11 is 0. The molecule has 0 saturated carbocycles. The lowest BCUT2D eigenvalue weighted by atomic mass is 10.0. The number of hydrazine groups is 1. The number of unbranched alkanes of at least 4 members (excludes halogenated alkanes) is 3. The molecule has 0 saturated heterocycles. The second-order valence-electron chi connectivity index (χ2n) is 4.45. The molecule has 0 unspecified atom stereocenters. The zero-order valence-electron chi connectivity index (χ0n) is 9.11. The van der Waals surface area contributed by atoms with Gasteiger partial charge in [0.1, 0.15) is 0 Å². The average molecular weight is 182 g/mol. The summed E-state index contributed by atoms with van der Waals surface area (Å²) in [5.41, 5.74) is 7.98. The van der Waals surface area contributed by atoms with Crippen molar-refractivity contribution >= 4 is 0 Å². The first kappa shape index (κ1) is 10.6. The summed E-state index contributed by atoms with van der Waals surface area (Å²) in [5, 5.41) is 0. The Morgan fingerprint density at radius 3 is 2.54 bits per heavy atom. The highest BCUT2D eigenvalue weighted by molar-refractivity contribution is 5.15. The van der Waals surface area contributed by atoms with Crippen LogP contribution in [0.3, 0.4) is 0 Å². The standard InChI is InChI=1S/C11H22N2/c1-4-5-6-7-8-10-9-11(2,3)13-12-10/h9,12-13H,4-8H2,1-3H3. The molecule has 2 heteroatoms. The number of hydrogen-bond acceptors (Lipinski definition) is 2. The number of nitrogens with one attached hydrogen (secondary N) is 2. The molecule has 13 heavy (non-hydrogen) atoms. The van der Waals surface area contributed by atoms with Crippen molar-refractivity contribution < 1.29 is 0 Å². The number of allylic oxidation sites excluding steroid dienone is 1. The van der Waals surface area contributed by atoms with Gasteiger partial charge in [0, 0.05) is 5.70 Å². The molecule has 0 aromatic carbocycles. The lowest BCUT2D eigenvalue weighted by Gasteiger charge is -2.13. The number of rotatable bonds is 5. The van der Waals surface area contributed by atoms with E-state index in [-0.39, 0.29) is 5.54 Å². The van der Waals surface area contributed by atoms with Crippen LogP contribution in [0, 0.1) is 0 Å². The van der Waals surface area contributed by atoms with Crippen LogP contribution in [-0.4, -0.2) is 5.54 Å². The third-order valence-corrected chi connectivity index (χ3v) is 2.38. The minimum Gasteiger partial charge on any atom is -0.325 e. The van der Waals surface area contributed by atoms with Crippen molar-refractivity contribution in [3.05, 3.63) is 11.8 Å². The van der Waals surface area contributed by atoms with Crippen molar-refractivity contribution in [3.8, 4) is 0 Å². The zero-order valence-corrected chi connectivity index (χ0v) is 9.11. The molecular formula is C11H22N2. The Balaban J connectivity index is 2.16. The van der Waals surface area contributed by atoms with Crippen LogP contribution in [0.2, 0.25) is 0 Å². The monoisotopic (exact) mass is 182 g/mol. The maximum Gasteiger partial charge on any atom is 0.0513 e. The Morgan fingerprint density at radius 2 is 2.00 bits per heavy atom. The molecule has 0 fully saturated rings. The van der Waals surface area contributed by atoms with Gasteiger partial charge < -0.3 is 5.43 Å². The highest BCUT2D eigenvalue weighted by atomic mass is 15.4. The molecule has 76 valence electrons. The Labute approximate surface area is 81.8 Å². The zero-order chi connectivity index (χ0) is 9.73. The minimum absolute atomic E-state index is 0.139. The van der Waals surface area contributed by atoms with Crippen LogP contribution in [0.15, 0.2) is 11.8 Å². The van der Waals surface area contributed by atoms with Gasteiger partial charge in [-0.05, 0) is 32.8 Å². The van der Waals surface area contributed by atoms with Gasteiger partial charge in [0.2, 0.25) is 0 Å². The Morgan fingerprint density at radius 1 is 1.23 bits per heavy atom. The molecule has 0 radical (unpaired) electrons. The van der Waals surface area contributed by atoms with Gasteiger partial charge >= 0.3 is 0 Å². The van der Waals surface area contributed by atoms with Gasteiger partial charge in [-0.25, -0.2) is 5.43 Å². The molecule has 1 aliphatic rings. The lowest BCUT2D eigenvalue weighted by Crippen LogP contribution is -2.39. The highest BCUT2D eigenvalue weighted by Gasteiger charge is 2.20. The lowest BCUT2D eigenvalue weighted by molar-refractivity contribution is 0.465. The third-order valence-electron chi connectivity index (χ3n) is 2.38. The highest BCUT2D eigenvalue weighted by Crippen LogP contribution is 2.16. The summed E-state index contributed by atoms with van der Waals surface area (Å²) in [4.78, 5) is 0. The Hall–Kier alpha value is -0.500. The summed E-state index contributed by atoms with van der Waals surface area (Å²) < 4.78 is 0. The minimum atomic E-state index is 0.139. The summed E-state index contributed by atoms with van der Waals surface area (Å²) in [6.07, 6.45) is 8.83. The molecule has 0 spiro atoms. The fraction of sp³-hybridized carbons (Fsp3) is 0.818. The second kappa shape index (κ2) is 4.66. The van der Waals surface area contributed by atoms with E-state index in [1.165, 1.54) is 37.8 Å². The molecule has 0 bridgehead atoms. The van der Waals surface area contributed by atoms with Crippen LogP contribution >= 0.6 is 0 Å². The maximum absolute atomic E-state index is 3.24. The van der Waals surface area contributed by atoms with Crippen LogP contribution in [0.4, 0.5) is 0 Å². The van der Waals surface area contributed by atoms with E-state index in [4.69, 9.17) is 0 Å². The predicted molar refractivity (Wildman–Crippen MR) is 57.2 cm³/mol. The van der Waals surface area contributed by atoms with Gasteiger partial charge in [0.15, 0.2) is 0 Å². The molecule has 0 amide bonds. The first-order valence-electron chi connectivity index (χ1n) is 5.39. The molecule has 1 rings (SSSR count). The van der Waals surface area contributed by atoms with Gasteiger partial charge in [0.05, 0.1) is 5.54 Å². The van der Waals surface area contributed by atoms with Crippen LogP contribution < -0.4 is 10.9 Å². The van der Waals surface area contributed by atoms with E-state index in [2.05, 4.69) is 37.7 Å². The molecule has 0 aromatic rings. The predicted octanol–water partition coefficient (Wildman–Crippen LogP) is 2.73. The van der Waals surface area contributed by atoms with Crippen molar-refractivity contribution in [2.45, 2.75) is 58.4 Å². The SMILES string of the molecule is CCCCCCC1=CC(C)(C)NN1. The first-order chi connectivity index (χ1) is 6.14. The molecule has 0 atom stereocenters. The van der Waals surface area contributed by atoms with E-state index in [1.807, 2.05) is 0 Å². The van der Waals surface area contributed by atoms with Crippen LogP contribution in [-0.2, 0) is 0 Å². The van der Waals surface area contributed by atoms with Crippen LogP contribution in [0.25, 0.3) is 0 Å².